The van der Waals surface area contributed by atoms with E-state index < -0.39 is 0 Å². The Morgan fingerprint density at radius 3 is 2.71 bits per heavy atom. The van der Waals surface area contributed by atoms with Gasteiger partial charge < -0.3 is 10.2 Å². The molecule has 28 heavy (non-hydrogen) atoms. The topological polar surface area (TPSA) is 80.1 Å². The van der Waals surface area contributed by atoms with Crippen LogP contribution < -0.4 is 5.32 Å². The van der Waals surface area contributed by atoms with E-state index in [4.69, 9.17) is 0 Å². The highest BCUT2D eigenvalue weighted by molar-refractivity contribution is 5.92. The van der Waals surface area contributed by atoms with Crippen LogP contribution in [-0.2, 0) is 11.3 Å². The molecule has 1 aromatic carbocycles. The molecule has 7 heteroatoms. The number of pyridine rings is 1. The van der Waals surface area contributed by atoms with Crippen molar-refractivity contribution < 1.29 is 9.59 Å². The molecule has 0 aliphatic rings. The van der Waals surface area contributed by atoms with Crippen LogP contribution in [0.4, 0.5) is 0 Å². The molecule has 0 aliphatic carbocycles. The van der Waals surface area contributed by atoms with E-state index in [-0.39, 0.29) is 24.4 Å². The standard InChI is InChI=1S/C21H25N5O2/c1-14-9-15(2)24-18(10-14)21(28)22-11-16(3)25(4)20(27)13-26-19-8-6-5-7-17(19)12-23-26/h5-10,12,16H,11,13H2,1-4H3,(H,22,28). The number of carbonyl (C=O) groups is 2. The fourth-order valence-electron chi connectivity index (χ4n) is 3.06. The SMILES string of the molecule is Cc1cc(C)nc(C(=O)NCC(C)N(C)C(=O)Cn2ncc3ccccc32)c1. The number of benzene rings is 1. The quantitative estimate of drug-likeness (QED) is 0.713. The van der Waals surface area contributed by atoms with Gasteiger partial charge in [0.25, 0.3) is 5.91 Å². The second-order valence-electron chi connectivity index (χ2n) is 7.10. The summed E-state index contributed by atoms with van der Waals surface area (Å²) in [5.41, 5.74) is 3.11. The normalized spacial score (nSPS) is 12.0. The minimum Gasteiger partial charge on any atom is -0.349 e. The number of nitrogens with one attached hydrogen (secondary N) is 1. The van der Waals surface area contributed by atoms with E-state index >= 15 is 0 Å². The Morgan fingerprint density at radius 2 is 1.96 bits per heavy atom. The molecule has 2 amide bonds. The number of hydrogen-bond donors (Lipinski definition) is 1. The number of nitrogens with zero attached hydrogens (tertiary/aromatic N) is 4. The molecule has 0 aliphatic heterocycles. The van der Waals surface area contributed by atoms with Gasteiger partial charge in [-0.25, -0.2) is 4.98 Å². The molecular weight excluding hydrogens is 354 g/mol. The molecule has 3 aromatic rings. The predicted octanol–water partition coefficient (Wildman–Crippen LogP) is 2.33. The van der Waals surface area contributed by atoms with Gasteiger partial charge in [-0.3, -0.25) is 14.3 Å². The molecule has 2 heterocycles. The zero-order chi connectivity index (χ0) is 20.3. The summed E-state index contributed by atoms with van der Waals surface area (Å²) in [6, 6.07) is 11.3. The highest BCUT2D eigenvalue weighted by Crippen LogP contribution is 2.13. The molecule has 1 unspecified atom stereocenters. The lowest BCUT2D eigenvalue weighted by molar-refractivity contribution is -0.132. The first-order chi connectivity index (χ1) is 13.3. The monoisotopic (exact) mass is 379 g/mol. The van der Waals surface area contributed by atoms with Crippen LogP contribution in [-0.4, -0.2) is 51.1 Å². The highest BCUT2D eigenvalue weighted by atomic mass is 16.2. The van der Waals surface area contributed by atoms with Crippen molar-refractivity contribution >= 4 is 22.7 Å². The lowest BCUT2D eigenvalue weighted by atomic mass is 10.2. The van der Waals surface area contributed by atoms with Crippen molar-refractivity contribution in [1.82, 2.24) is 25.0 Å². The van der Waals surface area contributed by atoms with Gasteiger partial charge >= 0.3 is 0 Å². The molecule has 146 valence electrons. The summed E-state index contributed by atoms with van der Waals surface area (Å²) in [7, 11) is 1.74. The van der Waals surface area contributed by atoms with Crippen LogP contribution in [0.2, 0.25) is 0 Å². The number of para-hydroxylation sites is 1. The summed E-state index contributed by atoms with van der Waals surface area (Å²) in [5, 5.41) is 8.16. The van der Waals surface area contributed by atoms with Gasteiger partial charge in [0.05, 0.1) is 11.7 Å². The van der Waals surface area contributed by atoms with Crippen LogP contribution in [0.1, 0.15) is 28.7 Å². The van der Waals surface area contributed by atoms with Gasteiger partial charge in [-0.1, -0.05) is 18.2 Å². The predicted molar refractivity (Wildman–Crippen MR) is 108 cm³/mol. The maximum atomic E-state index is 12.6. The average molecular weight is 379 g/mol. The van der Waals surface area contributed by atoms with Crippen molar-refractivity contribution in [2.24, 2.45) is 0 Å². The average Bonchev–Trinajstić information content (AvgIpc) is 3.07. The molecule has 0 saturated heterocycles. The largest absolute Gasteiger partial charge is 0.349 e. The zero-order valence-electron chi connectivity index (χ0n) is 16.6. The second-order valence-corrected chi connectivity index (χ2v) is 7.10. The third-order valence-electron chi connectivity index (χ3n) is 4.78. The summed E-state index contributed by atoms with van der Waals surface area (Å²) in [6.45, 7) is 6.18. The number of amides is 2. The number of aromatic nitrogens is 3. The van der Waals surface area contributed by atoms with E-state index in [0.717, 1.165) is 22.2 Å². The molecule has 0 saturated carbocycles. The van der Waals surface area contributed by atoms with E-state index in [1.54, 1.807) is 28.9 Å². The number of fused-ring (bicyclic) bond motifs is 1. The van der Waals surface area contributed by atoms with E-state index in [9.17, 15) is 9.59 Å². The second kappa shape index (κ2) is 8.21. The Hall–Kier alpha value is -3.22. The first-order valence-corrected chi connectivity index (χ1v) is 9.25. The smallest absolute Gasteiger partial charge is 0.269 e. The van der Waals surface area contributed by atoms with Crippen LogP contribution >= 0.6 is 0 Å². The van der Waals surface area contributed by atoms with Crippen molar-refractivity contribution in [3.05, 3.63) is 59.5 Å². The number of hydrogen-bond acceptors (Lipinski definition) is 4. The lowest BCUT2D eigenvalue weighted by Gasteiger charge is -2.25. The zero-order valence-corrected chi connectivity index (χ0v) is 16.6. The van der Waals surface area contributed by atoms with Gasteiger partial charge in [0, 0.05) is 30.7 Å². The van der Waals surface area contributed by atoms with Crippen LogP contribution in [0.15, 0.2) is 42.6 Å². The van der Waals surface area contributed by atoms with Gasteiger partial charge in [-0.2, -0.15) is 5.10 Å². The Balaban J connectivity index is 1.58. The van der Waals surface area contributed by atoms with E-state index in [0.29, 0.717) is 12.2 Å². The molecule has 0 spiro atoms. The molecule has 1 atom stereocenters. The van der Waals surface area contributed by atoms with Gasteiger partial charge in [0.2, 0.25) is 5.91 Å². The number of likely N-dealkylation sites (N-methyl/N-ethyl adjacent to an activating group) is 1. The molecule has 0 radical (unpaired) electrons. The Kier molecular flexibility index (Phi) is 5.73. The summed E-state index contributed by atoms with van der Waals surface area (Å²) in [6.07, 6.45) is 1.75. The summed E-state index contributed by atoms with van der Waals surface area (Å²) >= 11 is 0. The fraction of sp³-hybridized carbons (Fsp3) is 0.333. The van der Waals surface area contributed by atoms with E-state index in [1.807, 2.05) is 51.1 Å². The molecule has 2 aromatic heterocycles. The third kappa shape index (κ3) is 4.36. The van der Waals surface area contributed by atoms with Gasteiger partial charge in [0.1, 0.15) is 12.2 Å². The van der Waals surface area contributed by atoms with Crippen LogP contribution in [0.3, 0.4) is 0 Å². The van der Waals surface area contributed by atoms with Gasteiger partial charge in [-0.05, 0) is 44.5 Å². The van der Waals surface area contributed by atoms with Crippen LogP contribution in [0, 0.1) is 13.8 Å². The maximum Gasteiger partial charge on any atom is 0.269 e. The molecule has 0 fully saturated rings. The molecule has 3 rings (SSSR count). The summed E-state index contributed by atoms with van der Waals surface area (Å²) < 4.78 is 1.69. The summed E-state index contributed by atoms with van der Waals surface area (Å²) in [4.78, 5) is 30.9. The van der Waals surface area contributed by atoms with Crippen molar-refractivity contribution in [2.45, 2.75) is 33.4 Å². The molecular formula is C21H25N5O2. The minimum absolute atomic E-state index is 0.0693. The minimum atomic E-state index is -0.238. The van der Waals surface area contributed by atoms with Crippen LogP contribution in [0.25, 0.3) is 10.9 Å². The maximum absolute atomic E-state index is 12.6. The summed E-state index contributed by atoms with van der Waals surface area (Å²) in [5.74, 6) is -0.308. The van der Waals surface area contributed by atoms with Crippen molar-refractivity contribution in [3.8, 4) is 0 Å². The Bertz CT molecular complexity index is 991. The Morgan fingerprint density at radius 1 is 1.21 bits per heavy atom. The number of rotatable bonds is 6. The van der Waals surface area contributed by atoms with Gasteiger partial charge in [-0.15, -0.1) is 0 Å². The van der Waals surface area contributed by atoms with Gasteiger partial charge in [0.15, 0.2) is 0 Å². The first kappa shape index (κ1) is 19.5. The third-order valence-corrected chi connectivity index (χ3v) is 4.78. The molecule has 7 nitrogen and oxygen atoms in total. The fourth-order valence-corrected chi connectivity index (χ4v) is 3.06. The van der Waals surface area contributed by atoms with E-state index in [1.165, 1.54) is 0 Å². The number of carbonyl (C=O) groups excluding carboxylic acids is 2. The van der Waals surface area contributed by atoms with E-state index in [2.05, 4.69) is 15.4 Å². The number of aryl methyl sites for hydroxylation is 2. The van der Waals surface area contributed by atoms with Crippen molar-refractivity contribution in [2.75, 3.05) is 13.6 Å². The van der Waals surface area contributed by atoms with Crippen LogP contribution in [0.5, 0.6) is 0 Å². The molecule has 1 N–H and O–H groups in total. The lowest BCUT2D eigenvalue weighted by Crippen LogP contribution is -2.44. The highest BCUT2D eigenvalue weighted by Gasteiger charge is 2.18. The van der Waals surface area contributed by atoms with Crippen molar-refractivity contribution in [3.63, 3.8) is 0 Å². The first-order valence-electron chi connectivity index (χ1n) is 9.25. The Labute approximate surface area is 164 Å². The molecule has 0 bridgehead atoms. The van der Waals surface area contributed by atoms with Crippen molar-refractivity contribution in [1.29, 1.82) is 0 Å².